The number of aromatic nitrogens is 4. The van der Waals surface area contributed by atoms with E-state index in [9.17, 15) is 4.79 Å². The van der Waals surface area contributed by atoms with Crippen molar-refractivity contribution in [1.82, 2.24) is 19.7 Å². The highest BCUT2D eigenvalue weighted by atomic mass is 32.2. The van der Waals surface area contributed by atoms with Crippen LogP contribution in [0.3, 0.4) is 0 Å². The second-order valence-corrected chi connectivity index (χ2v) is 10.4. The predicted octanol–water partition coefficient (Wildman–Crippen LogP) is 5.25. The van der Waals surface area contributed by atoms with Crippen LogP contribution in [0.5, 0.6) is 0 Å². The van der Waals surface area contributed by atoms with E-state index in [0.29, 0.717) is 11.6 Å². The summed E-state index contributed by atoms with van der Waals surface area (Å²) in [6.07, 6.45) is 8.98. The minimum atomic E-state index is 0.164. The monoisotopic (exact) mass is 430 g/mol. The minimum absolute atomic E-state index is 0.164. The largest absolute Gasteiger partial charge is 0.338 e. The van der Waals surface area contributed by atoms with Gasteiger partial charge in [-0.1, -0.05) is 43.6 Å². The molecule has 0 aliphatic heterocycles. The molecule has 3 aromatic heterocycles. The Hall–Kier alpha value is -1.67. The van der Waals surface area contributed by atoms with Crippen molar-refractivity contribution in [2.45, 2.75) is 88.1 Å². The number of hydrogen-bond acceptors (Lipinski definition) is 7. The molecule has 6 nitrogen and oxygen atoms in total. The lowest BCUT2D eigenvalue weighted by atomic mass is 9.97. The topological polar surface area (TPSA) is 73.8 Å². The number of hydrogen-bond donors (Lipinski definition) is 0. The Morgan fingerprint density at radius 2 is 1.97 bits per heavy atom. The first-order valence-electron chi connectivity index (χ1n) is 10.6. The van der Waals surface area contributed by atoms with E-state index in [1.807, 2.05) is 18.4 Å². The van der Waals surface area contributed by atoms with Crippen molar-refractivity contribution in [3.8, 4) is 0 Å². The molecule has 3 aromatic rings. The molecule has 8 heteroatoms. The maximum Gasteiger partial charge on any atom is 0.263 e. The molecule has 5 rings (SSSR count). The van der Waals surface area contributed by atoms with Crippen molar-refractivity contribution in [1.29, 1.82) is 0 Å². The van der Waals surface area contributed by atoms with E-state index in [4.69, 9.17) is 9.51 Å². The van der Waals surface area contributed by atoms with Crippen LogP contribution >= 0.6 is 23.1 Å². The molecule has 0 atom stereocenters. The molecule has 0 saturated heterocycles. The highest BCUT2D eigenvalue weighted by Crippen LogP contribution is 2.37. The summed E-state index contributed by atoms with van der Waals surface area (Å²) in [7, 11) is 0. The van der Waals surface area contributed by atoms with Crippen LogP contribution in [0.15, 0.2) is 14.5 Å². The van der Waals surface area contributed by atoms with Crippen LogP contribution < -0.4 is 5.56 Å². The predicted molar refractivity (Wildman–Crippen MR) is 116 cm³/mol. The zero-order valence-corrected chi connectivity index (χ0v) is 18.6. The van der Waals surface area contributed by atoms with E-state index < -0.39 is 0 Å². The summed E-state index contributed by atoms with van der Waals surface area (Å²) in [6.45, 7) is 4.10. The molecule has 29 heavy (non-hydrogen) atoms. The third-order valence-corrected chi connectivity index (χ3v) is 8.13. The molecule has 0 unspecified atom stereocenters. The first-order chi connectivity index (χ1) is 14.1. The third kappa shape index (κ3) is 3.54. The number of nitrogens with zero attached hydrogens (tertiary/aromatic N) is 4. The maximum atomic E-state index is 13.6. The van der Waals surface area contributed by atoms with Gasteiger partial charge in [-0.3, -0.25) is 9.36 Å². The van der Waals surface area contributed by atoms with E-state index in [1.165, 1.54) is 36.1 Å². The van der Waals surface area contributed by atoms with Crippen LogP contribution in [0, 0.1) is 0 Å². The Morgan fingerprint density at radius 3 is 2.72 bits per heavy atom. The van der Waals surface area contributed by atoms with Gasteiger partial charge in [0, 0.05) is 16.8 Å². The van der Waals surface area contributed by atoms with Gasteiger partial charge in [0.25, 0.3) is 5.56 Å². The zero-order valence-electron chi connectivity index (χ0n) is 16.9. The minimum Gasteiger partial charge on any atom is -0.338 e. The van der Waals surface area contributed by atoms with Crippen molar-refractivity contribution in [3.63, 3.8) is 0 Å². The van der Waals surface area contributed by atoms with Crippen molar-refractivity contribution in [3.05, 3.63) is 32.5 Å². The summed E-state index contributed by atoms with van der Waals surface area (Å²) in [4.78, 5) is 25.4. The van der Waals surface area contributed by atoms with Crippen LogP contribution in [0.25, 0.3) is 10.2 Å². The van der Waals surface area contributed by atoms with Crippen molar-refractivity contribution in [2.24, 2.45) is 0 Å². The number of aryl methyl sites for hydroxylation is 2. The first-order valence-corrected chi connectivity index (χ1v) is 12.4. The SMILES string of the molecule is CC(C)c1noc(CSc2nc3sc4c(c3c(=O)n2C2CCCC2)CCCC4)n1. The van der Waals surface area contributed by atoms with E-state index in [2.05, 4.69) is 10.1 Å². The quantitative estimate of drug-likeness (QED) is 0.406. The fourth-order valence-corrected chi connectivity index (χ4v) is 6.68. The summed E-state index contributed by atoms with van der Waals surface area (Å²) in [5, 5.41) is 5.75. The van der Waals surface area contributed by atoms with Crippen LogP contribution in [-0.2, 0) is 18.6 Å². The van der Waals surface area contributed by atoms with Crippen LogP contribution in [0.2, 0.25) is 0 Å². The molecule has 3 heterocycles. The summed E-state index contributed by atoms with van der Waals surface area (Å²) in [5.41, 5.74) is 1.44. The van der Waals surface area contributed by atoms with Crippen molar-refractivity contribution in [2.75, 3.05) is 0 Å². The highest BCUT2D eigenvalue weighted by Gasteiger charge is 2.27. The second-order valence-electron chi connectivity index (χ2n) is 8.39. The Bertz CT molecular complexity index is 1090. The molecule has 1 fully saturated rings. The number of thiophene rings is 1. The van der Waals surface area contributed by atoms with Gasteiger partial charge in [-0.2, -0.15) is 4.98 Å². The first kappa shape index (κ1) is 19.3. The van der Waals surface area contributed by atoms with Gasteiger partial charge in [0.05, 0.1) is 11.1 Å². The normalized spacial score (nSPS) is 17.5. The zero-order chi connectivity index (χ0) is 20.0. The number of fused-ring (bicyclic) bond motifs is 3. The van der Waals surface area contributed by atoms with Gasteiger partial charge in [-0.15, -0.1) is 11.3 Å². The lowest BCUT2D eigenvalue weighted by Crippen LogP contribution is -2.26. The van der Waals surface area contributed by atoms with Crippen LogP contribution in [-0.4, -0.2) is 19.7 Å². The molecule has 154 valence electrons. The molecule has 0 amide bonds. The van der Waals surface area contributed by atoms with Gasteiger partial charge >= 0.3 is 0 Å². The standard InChI is InChI=1S/C21H26N4O2S2/c1-12(2)18-22-16(27-24-18)11-28-21-23-19-17(14-9-5-6-10-15(14)29-19)20(26)25(21)13-7-3-4-8-13/h12-13H,3-11H2,1-2H3. The summed E-state index contributed by atoms with van der Waals surface area (Å²) >= 11 is 3.27. The average molecular weight is 431 g/mol. The van der Waals surface area contributed by atoms with Crippen LogP contribution in [0.4, 0.5) is 0 Å². The summed E-state index contributed by atoms with van der Waals surface area (Å²) in [6, 6.07) is 0.259. The van der Waals surface area contributed by atoms with E-state index in [-0.39, 0.29) is 17.5 Å². The van der Waals surface area contributed by atoms with Crippen LogP contribution in [0.1, 0.15) is 86.5 Å². The van der Waals surface area contributed by atoms with E-state index in [0.717, 1.165) is 46.9 Å². The van der Waals surface area contributed by atoms with Gasteiger partial charge in [0.15, 0.2) is 11.0 Å². The molecule has 0 bridgehead atoms. The Kier molecular flexibility index (Phi) is 5.24. The third-order valence-electron chi connectivity index (χ3n) is 6.00. The molecule has 2 aliphatic rings. The van der Waals surface area contributed by atoms with Crippen molar-refractivity contribution >= 4 is 33.3 Å². The van der Waals surface area contributed by atoms with Gasteiger partial charge in [0.1, 0.15) is 4.83 Å². The van der Waals surface area contributed by atoms with Crippen molar-refractivity contribution < 1.29 is 4.52 Å². The molecule has 1 saturated carbocycles. The molecule has 2 aliphatic carbocycles. The maximum absolute atomic E-state index is 13.6. The number of rotatable bonds is 5. The van der Waals surface area contributed by atoms with E-state index in [1.54, 1.807) is 23.1 Å². The highest BCUT2D eigenvalue weighted by molar-refractivity contribution is 7.98. The molecule has 0 aromatic carbocycles. The van der Waals surface area contributed by atoms with Gasteiger partial charge in [0.2, 0.25) is 5.89 Å². The fraction of sp³-hybridized carbons (Fsp3) is 0.619. The summed E-state index contributed by atoms with van der Waals surface area (Å²) < 4.78 is 7.39. The lowest BCUT2D eigenvalue weighted by Gasteiger charge is -2.18. The molecule has 0 N–H and O–H groups in total. The Balaban J connectivity index is 1.55. The molecule has 0 radical (unpaired) electrons. The Morgan fingerprint density at radius 1 is 1.17 bits per heavy atom. The molecular formula is C21H26N4O2S2. The lowest BCUT2D eigenvalue weighted by molar-refractivity contribution is 0.382. The van der Waals surface area contributed by atoms with Gasteiger partial charge in [-0.05, 0) is 44.1 Å². The van der Waals surface area contributed by atoms with E-state index >= 15 is 0 Å². The fourth-order valence-electron chi connectivity index (χ4n) is 4.47. The Labute approximate surface area is 178 Å². The second kappa shape index (κ2) is 7.87. The molecule has 0 spiro atoms. The molecular weight excluding hydrogens is 404 g/mol. The summed E-state index contributed by atoms with van der Waals surface area (Å²) in [5.74, 6) is 2.09. The number of thioether (sulfide) groups is 1. The average Bonchev–Trinajstić information content (AvgIpc) is 3.45. The van der Waals surface area contributed by atoms with Gasteiger partial charge in [-0.25, -0.2) is 4.98 Å². The smallest absolute Gasteiger partial charge is 0.263 e. The van der Waals surface area contributed by atoms with Gasteiger partial charge < -0.3 is 4.52 Å².